The summed E-state index contributed by atoms with van der Waals surface area (Å²) in [5, 5.41) is 3.04. The maximum atomic E-state index is 13.8. The molecule has 0 aliphatic rings. The molecule has 0 aliphatic carbocycles. The number of aryl methyl sites for hydroxylation is 2. The van der Waals surface area contributed by atoms with Gasteiger partial charge in [0.1, 0.15) is 5.84 Å². The number of halogens is 4. The number of ether oxygens (including phenoxy) is 2. The van der Waals surface area contributed by atoms with Gasteiger partial charge < -0.3 is 14.8 Å². The predicted molar refractivity (Wildman–Crippen MR) is 123 cm³/mol. The third kappa shape index (κ3) is 7.28. The van der Waals surface area contributed by atoms with E-state index >= 15 is 0 Å². The predicted octanol–water partition coefficient (Wildman–Crippen LogP) is 6.32. The van der Waals surface area contributed by atoms with Gasteiger partial charge in [0.05, 0.1) is 31.1 Å². The second kappa shape index (κ2) is 11.6. The Morgan fingerprint density at radius 3 is 2.39 bits per heavy atom. The van der Waals surface area contributed by atoms with Crippen LogP contribution in [-0.2, 0) is 22.3 Å². The normalized spacial score (nSPS) is 12.2. The van der Waals surface area contributed by atoms with Crippen LogP contribution in [0.5, 0.6) is 0 Å². The van der Waals surface area contributed by atoms with Crippen LogP contribution in [0.25, 0.3) is 0 Å². The van der Waals surface area contributed by atoms with Crippen molar-refractivity contribution in [2.75, 3.05) is 20.3 Å². The Hall–Kier alpha value is -2.42. The lowest BCUT2D eigenvalue weighted by molar-refractivity contribution is -0.137. The molecule has 0 fully saturated rings. The summed E-state index contributed by atoms with van der Waals surface area (Å²) in [6.07, 6.45) is -4.40. The number of hydrogen-bond acceptors (Lipinski definition) is 4. The summed E-state index contributed by atoms with van der Waals surface area (Å²) in [6.45, 7) is 7.49. The van der Waals surface area contributed by atoms with Gasteiger partial charge in [0.15, 0.2) is 0 Å². The molecule has 0 saturated carbocycles. The Morgan fingerprint density at radius 1 is 1.09 bits per heavy atom. The first-order chi connectivity index (χ1) is 15.5. The Kier molecular flexibility index (Phi) is 9.46. The third-order valence-electron chi connectivity index (χ3n) is 5.08. The van der Waals surface area contributed by atoms with Crippen molar-refractivity contribution in [3.05, 3.63) is 62.7 Å². The van der Waals surface area contributed by atoms with Crippen molar-refractivity contribution >= 4 is 29.0 Å². The molecule has 2 aromatic carbocycles. The standard InChI is InChI=1S/C24H28ClF3N2O3/c1-6-21(30-23(31)19-12-18(25)10-14(2)16(19)4)29-22-15(3)9-17(13-33-8-7-32-5)11-20(22)24(26,27)28/h9-12H,6-8,13H2,1-5H3,(H,29,30,31). The molecular weight excluding hydrogens is 457 g/mol. The summed E-state index contributed by atoms with van der Waals surface area (Å²) < 4.78 is 51.8. The molecule has 5 nitrogen and oxygen atoms in total. The Balaban J connectivity index is 2.40. The van der Waals surface area contributed by atoms with Crippen molar-refractivity contribution in [3.63, 3.8) is 0 Å². The molecule has 2 rings (SSSR count). The number of rotatable bonds is 8. The first-order valence-corrected chi connectivity index (χ1v) is 10.8. The van der Waals surface area contributed by atoms with E-state index in [1.807, 2.05) is 6.92 Å². The maximum Gasteiger partial charge on any atom is 0.418 e. The summed E-state index contributed by atoms with van der Waals surface area (Å²) >= 11 is 6.07. The van der Waals surface area contributed by atoms with Gasteiger partial charge in [0.2, 0.25) is 0 Å². The topological polar surface area (TPSA) is 59.9 Å². The summed E-state index contributed by atoms with van der Waals surface area (Å²) in [5.74, 6) is -0.359. The highest BCUT2D eigenvalue weighted by Crippen LogP contribution is 2.39. The summed E-state index contributed by atoms with van der Waals surface area (Å²) in [5.41, 5.74) is 1.49. The van der Waals surface area contributed by atoms with Crippen LogP contribution >= 0.6 is 11.6 Å². The molecule has 0 heterocycles. The molecule has 0 aliphatic heterocycles. The fourth-order valence-electron chi connectivity index (χ4n) is 3.21. The molecule has 1 N–H and O–H groups in total. The van der Waals surface area contributed by atoms with Crippen LogP contribution in [0.4, 0.5) is 18.9 Å². The van der Waals surface area contributed by atoms with E-state index in [-0.39, 0.29) is 31.2 Å². The van der Waals surface area contributed by atoms with E-state index in [4.69, 9.17) is 21.1 Å². The zero-order valence-corrected chi connectivity index (χ0v) is 20.1. The number of carbonyl (C=O) groups excluding carboxylic acids is 1. The van der Waals surface area contributed by atoms with Gasteiger partial charge in [-0.1, -0.05) is 24.6 Å². The minimum atomic E-state index is -4.63. The van der Waals surface area contributed by atoms with Crippen LogP contribution in [0.2, 0.25) is 5.02 Å². The number of nitrogens with one attached hydrogen (secondary N) is 1. The van der Waals surface area contributed by atoms with Crippen molar-refractivity contribution in [3.8, 4) is 0 Å². The maximum absolute atomic E-state index is 13.8. The largest absolute Gasteiger partial charge is 0.418 e. The Morgan fingerprint density at radius 2 is 1.79 bits per heavy atom. The van der Waals surface area contributed by atoms with Crippen molar-refractivity contribution in [2.45, 2.75) is 46.9 Å². The zero-order chi connectivity index (χ0) is 24.8. The Labute approximate surface area is 197 Å². The van der Waals surface area contributed by atoms with Crippen LogP contribution in [-0.4, -0.2) is 32.1 Å². The average molecular weight is 485 g/mol. The number of amidine groups is 1. The average Bonchev–Trinajstić information content (AvgIpc) is 2.73. The summed E-state index contributed by atoms with van der Waals surface area (Å²) in [7, 11) is 1.51. The fourth-order valence-corrected chi connectivity index (χ4v) is 3.49. The minimum absolute atomic E-state index is 0.0159. The van der Waals surface area contributed by atoms with Crippen LogP contribution in [0, 0.1) is 20.8 Å². The van der Waals surface area contributed by atoms with E-state index < -0.39 is 17.6 Å². The fraction of sp³-hybridized carbons (Fsp3) is 0.417. The first kappa shape index (κ1) is 26.8. The van der Waals surface area contributed by atoms with Crippen molar-refractivity contribution in [2.24, 2.45) is 4.99 Å². The second-order valence-electron chi connectivity index (χ2n) is 7.61. The van der Waals surface area contributed by atoms with E-state index in [0.717, 1.165) is 17.2 Å². The van der Waals surface area contributed by atoms with E-state index in [2.05, 4.69) is 10.3 Å². The van der Waals surface area contributed by atoms with Gasteiger partial charge in [0, 0.05) is 24.1 Å². The van der Waals surface area contributed by atoms with E-state index in [1.165, 1.54) is 13.2 Å². The van der Waals surface area contributed by atoms with Crippen LogP contribution in [0.15, 0.2) is 29.3 Å². The van der Waals surface area contributed by atoms with Crippen LogP contribution < -0.4 is 5.32 Å². The highest BCUT2D eigenvalue weighted by atomic mass is 35.5. The number of aliphatic imine (C=N–C) groups is 1. The quantitative estimate of drug-likeness (QED) is 0.271. The molecule has 33 heavy (non-hydrogen) atoms. The van der Waals surface area contributed by atoms with Gasteiger partial charge >= 0.3 is 6.18 Å². The van der Waals surface area contributed by atoms with Gasteiger partial charge in [-0.15, -0.1) is 0 Å². The number of amides is 1. The summed E-state index contributed by atoms with van der Waals surface area (Å²) in [6, 6.07) is 5.89. The number of carbonyl (C=O) groups is 1. The molecule has 0 aromatic heterocycles. The van der Waals surface area contributed by atoms with Crippen molar-refractivity contribution < 1.29 is 27.4 Å². The molecule has 0 radical (unpaired) electrons. The Bertz CT molecular complexity index is 1040. The highest BCUT2D eigenvalue weighted by Gasteiger charge is 2.35. The minimum Gasteiger partial charge on any atom is -0.382 e. The second-order valence-corrected chi connectivity index (χ2v) is 8.05. The molecule has 180 valence electrons. The first-order valence-electron chi connectivity index (χ1n) is 10.4. The molecule has 0 unspecified atom stereocenters. The lowest BCUT2D eigenvalue weighted by Gasteiger charge is -2.17. The molecule has 0 saturated heterocycles. The van der Waals surface area contributed by atoms with Gasteiger partial charge in [0.25, 0.3) is 5.91 Å². The molecular formula is C24H28ClF3N2O3. The zero-order valence-electron chi connectivity index (χ0n) is 19.3. The van der Waals surface area contributed by atoms with Gasteiger partial charge in [-0.05, 0) is 61.2 Å². The van der Waals surface area contributed by atoms with Gasteiger partial charge in [-0.2, -0.15) is 13.2 Å². The monoisotopic (exact) mass is 484 g/mol. The number of nitrogens with zero attached hydrogens (tertiary/aromatic N) is 1. The van der Waals surface area contributed by atoms with Crippen LogP contribution in [0.1, 0.15) is 51.5 Å². The molecule has 0 spiro atoms. The van der Waals surface area contributed by atoms with Gasteiger partial charge in [-0.3, -0.25) is 4.79 Å². The third-order valence-corrected chi connectivity index (χ3v) is 5.30. The number of methoxy groups -OCH3 is 1. The lowest BCUT2D eigenvalue weighted by atomic mass is 10.0. The molecule has 1 amide bonds. The molecule has 0 bridgehead atoms. The number of benzene rings is 2. The number of hydrogen-bond donors (Lipinski definition) is 1. The smallest absolute Gasteiger partial charge is 0.382 e. The van der Waals surface area contributed by atoms with Crippen molar-refractivity contribution in [1.29, 1.82) is 0 Å². The van der Waals surface area contributed by atoms with Gasteiger partial charge in [-0.25, -0.2) is 4.99 Å². The van der Waals surface area contributed by atoms with E-state index in [0.29, 0.717) is 28.3 Å². The summed E-state index contributed by atoms with van der Waals surface area (Å²) in [4.78, 5) is 17.0. The number of alkyl halides is 3. The molecule has 0 atom stereocenters. The molecule has 2 aromatic rings. The lowest BCUT2D eigenvalue weighted by Crippen LogP contribution is -2.30. The van der Waals surface area contributed by atoms with Crippen molar-refractivity contribution in [1.82, 2.24) is 5.32 Å². The molecule has 9 heteroatoms. The SMILES string of the molecule is CCC(=Nc1c(C)cc(COCCOC)cc1C(F)(F)F)NC(=O)c1cc(Cl)cc(C)c1C. The highest BCUT2D eigenvalue weighted by molar-refractivity contribution is 6.31. The van der Waals surface area contributed by atoms with Crippen LogP contribution in [0.3, 0.4) is 0 Å². The van der Waals surface area contributed by atoms with E-state index in [9.17, 15) is 18.0 Å². The van der Waals surface area contributed by atoms with E-state index in [1.54, 1.807) is 32.9 Å².